The van der Waals surface area contributed by atoms with E-state index < -0.39 is 5.79 Å². The minimum absolute atomic E-state index is 0.735. The molecule has 65 valence electrons. The molecule has 0 heterocycles. The molecule has 1 aromatic carbocycles. The van der Waals surface area contributed by atoms with Crippen LogP contribution in [0, 0.1) is 7.11 Å². The van der Waals surface area contributed by atoms with E-state index in [2.05, 4.69) is 7.11 Å². The van der Waals surface area contributed by atoms with Crippen molar-refractivity contribution in [1.82, 2.24) is 0 Å². The summed E-state index contributed by atoms with van der Waals surface area (Å²) >= 11 is 0. The summed E-state index contributed by atoms with van der Waals surface area (Å²) in [5.41, 5.74) is 0.961. The summed E-state index contributed by atoms with van der Waals surface area (Å²) < 4.78 is 10.2. The van der Waals surface area contributed by atoms with Crippen molar-refractivity contribution in [2.24, 2.45) is 0 Å². The molecular formula is C10H13O2. The first-order valence-electron chi connectivity index (χ1n) is 3.77. The van der Waals surface area contributed by atoms with Crippen molar-refractivity contribution in [1.29, 1.82) is 0 Å². The lowest BCUT2D eigenvalue weighted by molar-refractivity contribution is -0.187. The predicted octanol–water partition coefficient (Wildman–Crippen LogP) is 2.31. The first kappa shape index (κ1) is 9.23. The quantitative estimate of drug-likeness (QED) is 0.640. The van der Waals surface area contributed by atoms with Gasteiger partial charge in [0.2, 0.25) is 0 Å². The first-order chi connectivity index (χ1) is 5.73. The molecular weight excluding hydrogens is 152 g/mol. The maximum absolute atomic E-state index is 5.19. The van der Waals surface area contributed by atoms with E-state index >= 15 is 0 Å². The van der Waals surface area contributed by atoms with Gasteiger partial charge in [0.05, 0.1) is 7.11 Å². The smallest absolute Gasteiger partial charge is 0.191 e. The second-order valence-electron chi connectivity index (χ2n) is 2.66. The summed E-state index contributed by atoms with van der Waals surface area (Å²) in [7, 11) is 4.98. The number of ether oxygens (including phenoxy) is 2. The van der Waals surface area contributed by atoms with Crippen LogP contribution in [0.5, 0.6) is 0 Å². The third kappa shape index (κ3) is 1.65. The minimum atomic E-state index is -0.735. The van der Waals surface area contributed by atoms with Crippen molar-refractivity contribution in [3.63, 3.8) is 0 Å². The topological polar surface area (TPSA) is 18.5 Å². The van der Waals surface area contributed by atoms with E-state index in [1.54, 1.807) is 7.11 Å². The molecule has 0 aliphatic heterocycles. The van der Waals surface area contributed by atoms with E-state index in [0.717, 1.165) is 5.56 Å². The zero-order valence-electron chi connectivity index (χ0n) is 7.41. The summed E-state index contributed by atoms with van der Waals surface area (Å²) in [6.45, 7) is 1.83. The minimum Gasteiger partial charge on any atom is -0.349 e. The van der Waals surface area contributed by atoms with Gasteiger partial charge in [-0.25, -0.2) is 0 Å². The first-order valence-corrected chi connectivity index (χ1v) is 3.77. The Bertz CT molecular complexity index is 227. The van der Waals surface area contributed by atoms with Gasteiger partial charge in [-0.15, -0.1) is 0 Å². The van der Waals surface area contributed by atoms with Crippen molar-refractivity contribution in [3.8, 4) is 0 Å². The predicted molar refractivity (Wildman–Crippen MR) is 47.2 cm³/mol. The molecule has 1 atom stereocenters. The second-order valence-corrected chi connectivity index (χ2v) is 2.66. The van der Waals surface area contributed by atoms with Crippen LogP contribution >= 0.6 is 0 Å². The van der Waals surface area contributed by atoms with E-state index in [4.69, 9.17) is 9.47 Å². The molecule has 0 amide bonds. The van der Waals surface area contributed by atoms with Crippen LogP contribution < -0.4 is 0 Å². The van der Waals surface area contributed by atoms with Crippen molar-refractivity contribution in [2.75, 3.05) is 7.11 Å². The van der Waals surface area contributed by atoms with Crippen molar-refractivity contribution in [3.05, 3.63) is 43.0 Å². The molecule has 0 bridgehead atoms. The average Bonchev–Trinajstić information content (AvgIpc) is 2.18. The molecule has 0 saturated carbocycles. The highest BCUT2D eigenvalue weighted by Crippen LogP contribution is 2.24. The average molecular weight is 165 g/mol. The molecule has 0 spiro atoms. The van der Waals surface area contributed by atoms with Gasteiger partial charge in [0.25, 0.3) is 0 Å². The molecule has 0 aliphatic rings. The van der Waals surface area contributed by atoms with E-state index in [1.165, 1.54) is 0 Å². The molecule has 1 unspecified atom stereocenters. The van der Waals surface area contributed by atoms with Gasteiger partial charge in [-0.1, -0.05) is 30.3 Å². The lowest BCUT2D eigenvalue weighted by Crippen LogP contribution is -2.25. The molecule has 0 saturated heterocycles. The Labute approximate surface area is 73.1 Å². The van der Waals surface area contributed by atoms with Crippen molar-refractivity contribution in [2.45, 2.75) is 12.7 Å². The normalized spacial score (nSPS) is 11.6. The Balaban J connectivity index is 2.95. The van der Waals surface area contributed by atoms with Gasteiger partial charge < -0.3 is 9.47 Å². The van der Waals surface area contributed by atoms with Gasteiger partial charge in [0.15, 0.2) is 5.79 Å². The maximum Gasteiger partial charge on any atom is 0.191 e. The monoisotopic (exact) mass is 165 g/mol. The molecule has 1 radical (unpaired) electrons. The van der Waals surface area contributed by atoms with Crippen LogP contribution in [0.2, 0.25) is 0 Å². The Hall–Kier alpha value is -0.860. The molecule has 0 aromatic heterocycles. The molecule has 0 aliphatic carbocycles. The zero-order valence-corrected chi connectivity index (χ0v) is 7.41. The van der Waals surface area contributed by atoms with Gasteiger partial charge >= 0.3 is 0 Å². The van der Waals surface area contributed by atoms with Gasteiger partial charge in [-0.2, -0.15) is 0 Å². The highest BCUT2D eigenvalue weighted by atomic mass is 16.7. The van der Waals surface area contributed by atoms with Crippen LogP contribution in [0.3, 0.4) is 0 Å². The van der Waals surface area contributed by atoms with Crippen molar-refractivity contribution < 1.29 is 9.47 Å². The van der Waals surface area contributed by atoms with E-state index in [1.807, 2.05) is 37.3 Å². The van der Waals surface area contributed by atoms with Gasteiger partial charge in [0, 0.05) is 12.7 Å². The fourth-order valence-corrected chi connectivity index (χ4v) is 1.00. The van der Waals surface area contributed by atoms with Crippen LogP contribution in [0.1, 0.15) is 12.5 Å². The standard InChI is InChI=1S/C10H13O2/c1-10(11-2,12-3)9-7-5-4-6-8-9/h4-8H,2H2,1,3H3. The third-order valence-corrected chi connectivity index (χ3v) is 1.96. The Morgan fingerprint density at radius 3 is 2.25 bits per heavy atom. The van der Waals surface area contributed by atoms with E-state index in [-0.39, 0.29) is 0 Å². The fourth-order valence-electron chi connectivity index (χ4n) is 1.00. The molecule has 0 fully saturated rings. The van der Waals surface area contributed by atoms with E-state index in [9.17, 15) is 0 Å². The number of benzene rings is 1. The van der Waals surface area contributed by atoms with Crippen LogP contribution in [0.15, 0.2) is 30.3 Å². The number of hydrogen-bond acceptors (Lipinski definition) is 2. The highest BCUT2D eigenvalue weighted by Gasteiger charge is 2.24. The Kier molecular flexibility index (Phi) is 2.84. The molecule has 2 nitrogen and oxygen atoms in total. The number of rotatable bonds is 3. The molecule has 2 heteroatoms. The third-order valence-electron chi connectivity index (χ3n) is 1.96. The summed E-state index contributed by atoms with van der Waals surface area (Å²) in [6.07, 6.45) is 0. The lowest BCUT2D eigenvalue weighted by Gasteiger charge is -2.26. The lowest BCUT2D eigenvalue weighted by atomic mass is 10.1. The SMILES string of the molecule is [CH2]OC(C)(OC)c1ccccc1. The Morgan fingerprint density at radius 2 is 1.83 bits per heavy atom. The van der Waals surface area contributed by atoms with Crippen LogP contribution in [-0.2, 0) is 15.3 Å². The van der Waals surface area contributed by atoms with E-state index in [0.29, 0.717) is 0 Å². The largest absolute Gasteiger partial charge is 0.349 e. The Morgan fingerprint density at radius 1 is 1.25 bits per heavy atom. The van der Waals surface area contributed by atoms with Gasteiger partial charge in [-0.3, -0.25) is 0 Å². The van der Waals surface area contributed by atoms with Crippen LogP contribution in [-0.4, -0.2) is 7.11 Å². The second kappa shape index (κ2) is 3.70. The maximum atomic E-state index is 5.19. The molecule has 12 heavy (non-hydrogen) atoms. The summed E-state index contributed by atoms with van der Waals surface area (Å²) in [6, 6.07) is 9.70. The van der Waals surface area contributed by atoms with Crippen molar-refractivity contribution >= 4 is 0 Å². The summed E-state index contributed by atoms with van der Waals surface area (Å²) in [5.74, 6) is -0.735. The number of methoxy groups -OCH3 is 1. The number of hydrogen-bond donors (Lipinski definition) is 0. The highest BCUT2D eigenvalue weighted by molar-refractivity contribution is 5.19. The van der Waals surface area contributed by atoms with Gasteiger partial charge in [-0.05, 0) is 6.92 Å². The van der Waals surface area contributed by atoms with Crippen LogP contribution in [0.4, 0.5) is 0 Å². The fraction of sp³-hybridized carbons (Fsp3) is 0.300. The molecule has 0 N–H and O–H groups in total. The molecule has 1 rings (SSSR count). The summed E-state index contributed by atoms with van der Waals surface area (Å²) in [5, 5.41) is 0. The summed E-state index contributed by atoms with van der Waals surface area (Å²) in [4.78, 5) is 0. The molecule has 1 aromatic rings. The zero-order chi connectivity index (χ0) is 9.03. The van der Waals surface area contributed by atoms with Gasteiger partial charge in [0.1, 0.15) is 0 Å². The van der Waals surface area contributed by atoms with Crippen LogP contribution in [0.25, 0.3) is 0 Å².